The Labute approximate surface area is 626 Å². The highest BCUT2D eigenvalue weighted by molar-refractivity contribution is 7.99. The third-order valence-electron chi connectivity index (χ3n) is 22.9. The fourth-order valence-corrected chi connectivity index (χ4v) is 18.6. The summed E-state index contributed by atoms with van der Waals surface area (Å²) in [5.41, 5.74) is 26.7. The van der Waals surface area contributed by atoms with Crippen LogP contribution >= 0.6 is 11.8 Å². The number of benzene rings is 13. The Morgan fingerprint density at radius 2 is 0.760 bits per heavy atom. The van der Waals surface area contributed by atoms with Crippen LogP contribution < -0.4 is 21.3 Å². The van der Waals surface area contributed by atoms with E-state index in [0.717, 1.165) is 121 Å². The van der Waals surface area contributed by atoms with Gasteiger partial charge in [0.1, 0.15) is 0 Å². The molecule has 13 aromatic carbocycles. The first-order valence-electron chi connectivity index (χ1n) is 39.5. The summed E-state index contributed by atoms with van der Waals surface area (Å²) in [5, 5.41) is 4.79. The molecule has 0 saturated carbocycles. The summed E-state index contributed by atoms with van der Waals surface area (Å²) in [7, 11) is 0. The average Bonchev–Trinajstić information content (AvgIpc) is 0.974. The van der Waals surface area contributed by atoms with Crippen LogP contribution in [0.5, 0.6) is 0 Å². The Hall–Kier alpha value is -10.3. The lowest BCUT2D eigenvalue weighted by Gasteiger charge is -2.51. The van der Waals surface area contributed by atoms with Crippen molar-refractivity contribution in [2.24, 2.45) is 0 Å². The van der Waals surface area contributed by atoms with Crippen molar-refractivity contribution in [3.8, 4) is 44.8 Å². The van der Waals surface area contributed by atoms with Gasteiger partial charge in [-0.3, -0.25) is 0 Å². The SMILES string of the molecule is [2H]c1c([2H])c([2H])c(-c2ccc3c(c2)B2c4ccc(-n5c6ccc(C(C)(C)C)cc6c6cc(C(C)(C)C)ccc65)cc4N(c4c(-c5ccccc5)cc(C(C)(C)C)cc4-c4ccccc4)c4cc(-n5c6ccc(C(C)(C)C)cc6c6cc(C(C)(C)C)ccc65)cc(c42)C32c3ccccc3Sc3ccccc32)c([2H])c1[2H]. The predicted octanol–water partition coefficient (Wildman–Crippen LogP) is 24.8. The number of anilines is 3. The minimum atomic E-state index is -1.02. The van der Waals surface area contributed by atoms with Gasteiger partial charge >= 0.3 is 0 Å². The van der Waals surface area contributed by atoms with E-state index < -0.39 is 18.2 Å². The first kappa shape index (κ1) is 60.1. The fraction of sp³-hybridized carbons (Fsp3) is 0.212. The van der Waals surface area contributed by atoms with Crippen LogP contribution in [0.25, 0.3) is 88.4 Å². The average molecular weight is 1370 g/mol. The molecule has 0 fully saturated rings. The van der Waals surface area contributed by atoms with Gasteiger partial charge in [0.15, 0.2) is 0 Å². The Balaban J connectivity index is 1.08. The van der Waals surface area contributed by atoms with Gasteiger partial charge in [0.2, 0.25) is 6.71 Å². The van der Waals surface area contributed by atoms with Crippen molar-refractivity contribution in [3.05, 3.63) is 323 Å². The molecule has 3 nitrogen and oxygen atoms in total. The van der Waals surface area contributed by atoms with Gasteiger partial charge in [0.25, 0.3) is 0 Å². The maximum Gasteiger partial charge on any atom is 0.247 e. The summed E-state index contributed by atoms with van der Waals surface area (Å²) in [4.78, 5) is 4.96. The lowest BCUT2D eigenvalue weighted by molar-refractivity contribution is 0.590. The fourth-order valence-electron chi connectivity index (χ4n) is 17.4. The van der Waals surface area contributed by atoms with Gasteiger partial charge < -0.3 is 14.0 Å². The summed E-state index contributed by atoms with van der Waals surface area (Å²) < 4.78 is 51.8. The lowest BCUT2D eigenvalue weighted by atomic mass is 9.29. The number of hydrogen-bond acceptors (Lipinski definition) is 2. The van der Waals surface area contributed by atoms with Crippen molar-refractivity contribution in [2.45, 2.75) is 146 Å². The first-order chi connectivity index (χ1) is 51.8. The minimum Gasteiger partial charge on any atom is -0.310 e. The monoisotopic (exact) mass is 1370 g/mol. The van der Waals surface area contributed by atoms with E-state index in [9.17, 15) is 5.48 Å². The molecule has 0 amide bonds. The van der Waals surface area contributed by atoms with Gasteiger partial charge in [-0.1, -0.05) is 297 Å². The highest BCUT2D eigenvalue weighted by atomic mass is 32.2. The molecule has 0 saturated heterocycles. The minimum absolute atomic E-state index is 0.112. The van der Waals surface area contributed by atoms with Gasteiger partial charge in [0.05, 0.1) is 40.0 Å². The molecule has 3 aliphatic heterocycles. The van der Waals surface area contributed by atoms with Crippen LogP contribution in [-0.4, -0.2) is 15.8 Å². The van der Waals surface area contributed by atoms with Gasteiger partial charge in [0, 0.05) is 65.2 Å². The van der Waals surface area contributed by atoms with Gasteiger partial charge in [-0.25, -0.2) is 0 Å². The highest BCUT2D eigenvalue weighted by Crippen LogP contribution is 2.60. The van der Waals surface area contributed by atoms with Crippen LogP contribution in [0.2, 0.25) is 0 Å². The molecule has 15 aromatic rings. The molecule has 0 radical (unpaired) electrons. The third kappa shape index (κ3) is 10.2. The Kier molecular flexibility index (Phi) is 13.5. The van der Waals surface area contributed by atoms with Crippen molar-refractivity contribution in [2.75, 3.05) is 4.90 Å². The van der Waals surface area contributed by atoms with E-state index in [-0.39, 0.29) is 56.8 Å². The molecular formula is C99H90BN3S. The number of rotatable bonds is 6. The van der Waals surface area contributed by atoms with E-state index in [1.54, 1.807) is 0 Å². The standard InChI is InChI=1S/C99H90BN3S/c1-94(2,3)65-40-47-84-74(52-65)75-53-66(95(4,5)6)41-48-85(75)101(84)70-44-46-82-88(59-70)103(93-72(62-31-21-17-22-32-62)56-69(98(13,14)15)57-73(93)63-33-23-18-24-34-63)89-60-71(102-86-49-42-67(96(7,8)9)54-76(86)77-55-68(97(10,11)12)43-50-87(77)102)58-81-92(89)100(82)83-51-64(61-29-19-16-20-30-61)39-45-78(83)99(81)79-35-25-27-37-90(79)104-91-38-28-26-36-80(91)99/h16-60H,1-15H3/i16D,19D,20D,29D,30D. The van der Waals surface area contributed by atoms with Crippen LogP contribution in [0.15, 0.2) is 283 Å². The van der Waals surface area contributed by atoms with Crippen LogP contribution in [-0.2, 0) is 32.5 Å². The molecule has 0 N–H and O–H groups in total. The van der Waals surface area contributed by atoms with Crippen LogP contribution in [0.3, 0.4) is 0 Å². The summed E-state index contributed by atoms with van der Waals surface area (Å²) >= 11 is 1.81. The molecule has 0 unspecified atom stereocenters. The summed E-state index contributed by atoms with van der Waals surface area (Å²) in [6, 6.07) is 90.7. The zero-order chi connectivity index (χ0) is 76.2. The molecule has 510 valence electrons. The number of hydrogen-bond donors (Lipinski definition) is 0. The summed E-state index contributed by atoms with van der Waals surface area (Å²) in [5.74, 6) is 0. The van der Waals surface area contributed by atoms with E-state index in [1.807, 2.05) is 17.8 Å². The smallest absolute Gasteiger partial charge is 0.247 e. The van der Waals surface area contributed by atoms with Crippen molar-refractivity contribution in [1.29, 1.82) is 0 Å². The second-order valence-electron chi connectivity index (χ2n) is 34.6. The molecule has 5 heterocycles. The van der Waals surface area contributed by atoms with Crippen LogP contribution in [0, 0.1) is 0 Å². The Morgan fingerprint density at radius 1 is 0.327 bits per heavy atom. The second-order valence-corrected chi connectivity index (χ2v) is 35.7. The second kappa shape index (κ2) is 23.3. The number of fused-ring (bicyclic) bond motifs is 16. The molecule has 5 heteroatoms. The van der Waals surface area contributed by atoms with E-state index in [0.29, 0.717) is 5.56 Å². The highest BCUT2D eigenvalue weighted by Gasteiger charge is 2.55. The van der Waals surface area contributed by atoms with Gasteiger partial charge in [-0.2, -0.15) is 0 Å². The number of aromatic nitrogens is 2. The molecule has 1 spiro atoms. The van der Waals surface area contributed by atoms with E-state index >= 15 is 0 Å². The van der Waals surface area contributed by atoms with E-state index in [1.165, 1.54) is 49.4 Å². The molecule has 3 aliphatic rings. The van der Waals surface area contributed by atoms with Crippen molar-refractivity contribution in [3.63, 3.8) is 0 Å². The zero-order valence-electron chi connectivity index (χ0n) is 67.4. The van der Waals surface area contributed by atoms with Crippen molar-refractivity contribution < 1.29 is 6.85 Å². The molecule has 0 bridgehead atoms. The third-order valence-corrected chi connectivity index (χ3v) is 24.0. The quantitative estimate of drug-likeness (QED) is 0.154. The van der Waals surface area contributed by atoms with Crippen molar-refractivity contribution in [1.82, 2.24) is 9.13 Å². The molecule has 104 heavy (non-hydrogen) atoms. The number of nitrogens with zero attached hydrogens (tertiary/aromatic N) is 3. The summed E-state index contributed by atoms with van der Waals surface area (Å²) in [6.07, 6.45) is 0. The van der Waals surface area contributed by atoms with E-state index in [2.05, 4.69) is 354 Å². The van der Waals surface area contributed by atoms with Crippen LogP contribution in [0.4, 0.5) is 17.1 Å². The Bertz CT molecular complexity index is 6090. The zero-order valence-corrected chi connectivity index (χ0v) is 63.2. The molecule has 0 aliphatic carbocycles. The topological polar surface area (TPSA) is 13.1 Å². The Morgan fingerprint density at radius 3 is 1.22 bits per heavy atom. The van der Waals surface area contributed by atoms with Gasteiger partial charge in [-0.05, 0) is 207 Å². The molecular weight excluding hydrogens is 1270 g/mol. The van der Waals surface area contributed by atoms with Crippen molar-refractivity contribution >= 4 is 95.5 Å². The molecule has 0 atom stereocenters. The maximum absolute atomic E-state index is 9.72. The maximum atomic E-state index is 9.72. The van der Waals surface area contributed by atoms with Gasteiger partial charge in [-0.15, -0.1) is 0 Å². The predicted molar refractivity (Wildman–Crippen MR) is 447 cm³/mol. The summed E-state index contributed by atoms with van der Waals surface area (Å²) in [6.45, 7) is 34.2. The normalized spacial score (nSPS) is 14.8. The molecule has 2 aromatic heterocycles. The molecule has 18 rings (SSSR count). The lowest BCUT2D eigenvalue weighted by Crippen LogP contribution is -2.65. The van der Waals surface area contributed by atoms with E-state index in [4.69, 9.17) is 1.37 Å². The largest absolute Gasteiger partial charge is 0.310 e. The van der Waals surface area contributed by atoms with Crippen LogP contribution in [0.1, 0.15) is 161 Å². The first-order valence-corrected chi connectivity index (χ1v) is 37.8.